The lowest BCUT2D eigenvalue weighted by Crippen LogP contribution is -2.47. The van der Waals surface area contributed by atoms with E-state index in [1.165, 1.54) is 0 Å². The van der Waals surface area contributed by atoms with Crippen molar-refractivity contribution in [2.45, 2.75) is 44.2 Å². The summed E-state index contributed by atoms with van der Waals surface area (Å²) in [6.07, 6.45) is 1.23. The predicted molar refractivity (Wildman–Crippen MR) is 117 cm³/mol. The number of nitrogens with zero attached hydrogens (tertiary/aromatic N) is 1. The number of benzene rings is 2. The molecule has 0 spiro atoms. The number of hydrogen-bond donors (Lipinski definition) is 1. The average molecular weight is 419 g/mol. The van der Waals surface area contributed by atoms with Crippen molar-refractivity contribution in [2.24, 2.45) is 0 Å². The first-order valence-electron chi connectivity index (χ1n) is 9.50. The van der Waals surface area contributed by atoms with E-state index in [1.807, 2.05) is 49.4 Å². The van der Waals surface area contributed by atoms with Crippen LogP contribution >= 0.6 is 23.4 Å². The van der Waals surface area contributed by atoms with Crippen LogP contribution in [0.1, 0.15) is 32.3 Å². The van der Waals surface area contributed by atoms with Crippen LogP contribution in [0.15, 0.2) is 59.5 Å². The Morgan fingerprint density at radius 2 is 1.79 bits per heavy atom. The van der Waals surface area contributed by atoms with Crippen LogP contribution in [-0.4, -0.2) is 35.1 Å². The van der Waals surface area contributed by atoms with Crippen molar-refractivity contribution in [1.29, 1.82) is 0 Å². The van der Waals surface area contributed by atoms with Crippen molar-refractivity contribution < 1.29 is 9.59 Å². The fraction of sp³-hybridized carbons (Fsp3) is 0.364. The third-order valence-electron chi connectivity index (χ3n) is 4.31. The maximum absolute atomic E-state index is 12.9. The summed E-state index contributed by atoms with van der Waals surface area (Å²) in [6.45, 7) is 4.77. The fourth-order valence-electron chi connectivity index (χ4n) is 2.68. The highest BCUT2D eigenvalue weighted by Crippen LogP contribution is 2.20. The van der Waals surface area contributed by atoms with Crippen molar-refractivity contribution in [1.82, 2.24) is 10.2 Å². The molecule has 0 saturated heterocycles. The molecule has 0 aliphatic carbocycles. The van der Waals surface area contributed by atoms with E-state index in [2.05, 4.69) is 5.32 Å². The Balaban J connectivity index is 2.03. The Morgan fingerprint density at radius 1 is 1.11 bits per heavy atom. The fourth-order valence-corrected chi connectivity index (χ4v) is 3.67. The Morgan fingerprint density at radius 3 is 2.43 bits per heavy atom. The van der Waals surface area contributed by atoms with E-state index < -0.39 is 6.04 Å². The molecule has 0 saturated carbocycles. The number of rotatable bonds is 10. The lowest BCUT2D eigenvalue weighted by atomic mass is 10.1. The highest BCUT2D eigenvalue weighted by molar-refractivity contribution is 7.99. The van der Waals surface area contributed by atoms with Crippen molar-refractivity contribution in [3.05, 3.63) is 65.2 Å². The Labute approximate surface area is 176 Å². The van der Waals surface area contributed by atoms with Crippen molar-refractivity contribution in [3.63, 3.8) is 0 Å². The van der Waals surface area contributed by atoms with Crippen LogP contribution in [0.2, 0.25) is 5.02 Å². The van der Waals surface area contributed by atoms with E-state index in [9.17, 15) is 9.59 Å². The molecule has 150 valence electrons. The first-order chi connectivity index (χ1) is 13.5. The van der Waals surface area contributed by atoms with Crippen LogP contribution in [0.5, 0.6) is 0 Å². The SMILES string of the molecule is CCCNC(=O)[C@@H](C)N(Cc1ccc(Cl)cc1)C(=O)CCSc1ccccc1. The Kier molecular flexibility index (Phi) is 9.38. The first kappa shape index (κ1) is 22.3. The minimum absolute atomic E-state index is 0.0301. The molecule has 2 aromatic carbocycles. The summed E-state index contributed by atoms with van der Waals surface area (Å²) in [5.41, 5.74) is 0.948. The van der Waals surface area contributed by atoms with Crippen molar-refractivity contribution >= 4 is 35.2 Å². The molecule has 2 amide bonds. The quantitative estimate of drug-likeness (QED) is 0.565. The maximum atomic E-state index is 12.9. The third-order valence-corrected chi connectivity index (χ3v) is 5.58. The third kappa shape index (κ3) is 7.21. The summed E-state index contributed by atoms with van der Waals surface area (Å²) in [5, 5.41) is 3.53. The van der Waals surface area contributed by atoms with Gasteiger partial charge in [0.25, 0.3) is 0 Å². The molecule has 2 aromatic rings. The number of carbonyl (C=O) groups is 2. The van der Waals surface area contributed by atoms with Gasteiger partial charge in [-0.1, -0.05) is 48.9 Å². The van der Waals surface area contributed by atoms with Gasteiger partial charge in [-0.25, -0.2) is 0 Å². The zero-order chi connectivity index (χ0) is 20.4. The molecule has 0 aromatic heterocycles. The summed E-state index contributed by atoms with van der Waals surface area (Å²) in [6, 6.07) is 16.8. The summed E-state index contributed by atoms with van der Waals surface area (Å²) in [4.78, 5) is 28.2. The molecule has 28 heavy (non-hydrogen) atoms. The van der Waals surface area contributed by atoms with Crippen molar-refractivity contribution in [3.8, 4) is 0 Å². The minimum atomic E-state index is -0.531. The topological polar surface area (TPSA) is 49.4 Å². The monoisotopic (exact) mass is 418 g/mol. The number of hydrogen-bond acceptors (Lipinski definition) is 3. The standard InChI is InChI=1S/C22H27ClN2O2S/c1-3-14-24-22(27)17(2)25(16-18-9-11-19(23)12-10-18)21(26)13-15-28-20-7-5-4-6-8-20/h4-12,17H,3,13-16H2,1-2H3,(H,24,27)/t17-/m1/s1. The Bertz CT molecular complexity index is 753. The maximum Gasteiger partial charge on any atom is 0.242 e. The number of nitrogens with one attached hydrogen (secondary N) is 1. The number of thioether (sulfide) groups is 1. The highest BCUT2D eigenvalue weighted by atomic mass is 35.5. The van der Waals surface area contributed by atoms with Gasteiger partial charge in [-0.15, -0.1) is 11.8 Å². The van der Waals surface area contributed by atoms with Gasteiger partial charge in [0.2, 0.25) is 11.8 Å². The van der Waals surface area contributed by atoms with Crippen LogP contribution in [0, 0.1) is 0 Å². The summed E-state index contributed by atoms with van der Waals surface area (Å²) in [5.74, 6) is 0.515. The van der Waals surface area contributed by atoms with E-state index in [0.717, 1.165) is 16.9 Å². The predicted octanol–water partition coefficient (Wildman–Crippen LogP) is 4.77. The molecule has 0 aliphatic heterocycles. The summed E-state index contributed by atoms with van der Waals surface area (Å²) in [7, 11) is 0. The van der Waals surface area contributed by atoms with Crippen LogP contribution in [0.4, 0.5) is 0 Å². The largest absolute Gasteiger partial charge is 0.354 e. The number of carbonyl (C=O) groups excluding carboxylic acids is 2. The zero-order valence-electron chi connectivity index (χ0n) is 16.4. The van der Waals surface area contributed by atoms with Crippen molar-refractivity contribution in [2.75, 3.05) is 12.3 Å². The van der Waals surface area contributed by atoms with E-state index in [0.29, 0.717) is 30.3 Å². The lowest BCUT2D eigenvalue weighted by Gasteiger charge is -2.29. The number of halogens is 1. The number of amides is 2. The van der Waals surface area contributed by atoms with Gasteiger partial charge in [0, 0.05) is 35.2 Å². The van der Waals surface area contributed by atoms with Crippen LogP contribution in [-0.2, 0) is 16.1 Å². The average Bonchev–Trinajstić information content (AvgIpc) is 2.71. The van der Waals surface area contributed by atoms with E-state index in [1.54, 1.807) is 35.7 Å². The van der Waals surface area contributed by atoms with Gasteiger partial charge in [-0.3, -0.25) is 9.59 Å². The van der Waals surface area contributed by atoms with Crippen LogP contribution in [0.3, 0.4) is 0 Å². The molecular formula is C22H27ClN2O2S. The smallest absolute Gasteiger partial charge is 0.242 e. The second-order valence-electron chi connectivity index (χ2n) is 6.53. The summed E-state index contributed by atoms with van der Waals surface area (Å²) < 4.78 is 0. The first-order valence-corrected chi connectivity index (χ1v) is 10.9. The Hall–Kier alpha value is -1.98. The molecule has 0 radical (unpaired) electrons. The molecule has 0 unspecified atom stereocenters. The minimum Gasteiger partial charge on any atom is -0.354 e. The molecule has 0 fully saturated rings. The molecule has 0 aliphatic rings. The second-order valence-corrected chi connectivity index (χ2v) is 8.13. The van der Waals surface area contributed by atoms with Gasteiger partial charge in [0.15, 0.2) is 0 Å². The van der Waals surface area contributed by atoms with E-state index in [4.69, 9.17) is 11.6 Å². The van der Waals surface area contributed by atoms with Gasteiger partial charge < -0.3 is 10.2 Å². The van der Waals surface area contributed by atoms with Gasteiger partial charge in [0.1, 0.15) is 6.04 Å². The van der Waals surface area contributed by atoms with E-state index in [-0.39, 0.29) is 11.8 Å². The highest BCUT2D eigenvalue weighted by Gasteiger charge is 2.25. The molecule has 1 N–H and O–H groups in total. The van der Waals surface area contributed by atoms with Gasteiger partial charge in [-0.05, 0) is 43.2 Å². The molecule has 0 heterocycles. The van der Waals surface area contributed by atoms with Gasteiger partial charge in [-0.2, -0.15) is 0 Å². The molecule has 0 bridgehead atoms. The molecule has 1 atom stereocenters. The molecule has 4 nitrogen and oxygen atoms in total. The summed E-state index contributed by atoms with van der Waals surface area (Å²) >= 11 is 7.60. The molecular weight excluding hydrogens is 392 g/mol. The van der Waals surface area contributed by atoms with Crippen LogP contribution in [0.25, 0.3) is 0 Å². The van der Waals surface area contributed by atoms with Crippen LogP contribution < -0.4 is 5.32 Å². The van der Waals surface area contributed by atoms with Gasteiger partial charge >= 0.3 is 0 Å². The van der Waals surface area contributed by atoms with Gasteiger partial charge in [0.05, 0.1) is 0 Å². The lowest BCUT2D eigenvalue weighted by molar-refractivity contribution is -0.140. The normalized spacial score (nSPS) is 11.7. The second kappa shape index (κ2) is 11.8. The zero-order valence-corrected chi connectivity index (χ0v) is 17.9. The molecule has 6 heteroatoms. The van der Waals surface area contributed by atoms with E-state index >= 15 is 0 Å². The molecule has 2 rings (SSSR count).